The molecule has 0 aliphatic carbocycles. The molecule has 0 aromatic heterocycles. The van der Waals surface area contributed by atoms with Crippen molar-refractivity contribution in [2.75, 3.05) is 13.2 Å². The SMILES string of the molecule is CCCCCCCCCCCCCCCOC1CO1. The van der Waals surface area contributed by atoms with Crippen molar-refractivity contribution in [3.8, 4) is 0 Å². The fourth-order valence-electron chi connectivity index (χ4n) is 2.47. The van der Waals surface area contributed by atoms with Crippen LogP contribution < -0.4 is 0 Å². The normalized spacial score (nSPS) is 17.8. The van der Waals surface area contributed by atoms with Crippen LogP contribution in [0.5, 0.6) is 0 Å². The quantitative estimate of drug-likeness (QED) is 0.291. The summed E-state index contributed by atoms with van der Waals surface area (Å²) in [5, 5.41) is 0. The Bertz CT molecular complexity index is 178. The van der Waals surface area contributed by atoms with Crippen molar-refractivity contribution in [2.24, 2.45) is 0 Å². The summed E-state index contributed by atoms with van der Waals surface area (Å²) in [5.74, 6) is 0. The lowest BCUT2D eigenvalue weighted by Crippen LogP contribution is -1.97. The van der Waals surface area contributed by atoms with E-state index in [1.54, 1.807) is 0 Å². The molecule has 1 aliphatic heterocycles. The topological polar surface area (TPSA) is 21.8 Å². The zero-order valence-electron chi connectivity index (χ0n) is 13.0. The van der Waals surface area contributed by atoms with Crippen molar-refractivity contribution in [3.63, 3.8) is 0 Å². The molecule has 1 aliphatic rings. The van der Waals surface area contributed by atoms with Gasteiger partial charge in [0.05, 0.1) is 0 Å². The van der Waals surface area contributed by atoms with Crippen LogP contribution in [0.4, 0.5) is 0 Å². The second kappa shape index (κ2) is 12.9. The molecule has 2 nitrogen and oxygen atoms in total. The minimum absolute atomic E-state index is 0.150. The first-order valence-electron chi connectivity index (χ1n) is 8.66. The zero-order valence-corrected chi connectivity index (χ0v) is 13.0. The molecule has 0 N–H and O–H groups in total. The van der Waals surface area contributed by atoms with Crippen molar-refractivity contribution in [1.82, 2.24) is 0 Å². The highest BCUT2D eigenvalue weighted by molar-refractivity contribution is 4.55. The van der Waals surface area contributed by atoms with Gasteiger partial charge in [-0.05, 0) is 6.42 Å². The molecule has 1 saturated heterocycles. The van der Waals surface area contributed by atoms with Crippen molar-refractivity contribution in [2.45, 2.75) is 96.7 Å². The van der Waals surface area contributed by atoms with Gasteiger partial charge in [-0.25, -0.2) is 0 Å². The number of hydrogen-bond acceptors (Lipinski definition) is 2. The number of ether oxygens (including phenoxy) is 2. The standard InChI is InChI=1S/C17H34O2/c1-2-3-4-5-6-7-8-9-10-11-12-13-14-15-18-17-16-19-17/h17H,2-16H2,1H3. The lowest BCUT2D eigenvalue weighted by atomic mass is 10.0. The molecule has 0 radical (unpaired) electrons. The van der Waals surface area contributed by atoms with E-state index in [4.69, 9.17) is 9.47 Å². The Morgan fingerprint density at radius 1 is 0.737 bits per heavy atom. The molecule has 2 heteroatoms. The molecular formula is C17H34O2. The maximum absolute atomic E-state index is 5.43. The third kappa shape index (κ3) is 12.7. The Labute approximate surface area is 120 Å². The van der Waals surface area contributed by atoms with Gasteiger partial charge in [-0.2, -0.15) is 0 Å². The summed E-state index contributed by atoms with van der Waals surface area (Å²) in [7, 11) is 0. The molecule has 0 spiro atoms. The molecule has 1 fully saturated rings. The Morgan fingerprint density at radius 2 is 1.16 bits per heavy atom. The summed E-state index contributed by atoms with van der Waals surface area (Å²) in [6.45, 7) is 3.99. The molecule has 19 heavy (non-hydrogen) atoms. The van der Waals surface area contributed by atoms with E-state index >= 15 is 0 Å². The maximum atomic E-state index is 5.43. The van der Waals surface area contributed by atoms with E-state index in [0.29, 0.717) is 0 Å². The van der Waals surface area contributed by atoms with Crippen LogP contribution in [0.2, 0.25) is 0 Å². The Balaban J connectivity index is 1.60. The van der Waals surface area contributed by atoms with Gasteiger partial charge in [0, 0.05) is 6.61 Å². The summed E-state index contributed by atoms with van der Waals surface area (Å²) in [4.78, 5) is 0. The highest BCUT2D eigenvalue weighted by Crippen LogP contribution is 2.14. The number of unbranched alkanes of at least 4 members (excludes halogenated alkanes) is 12. The Kier molecular flexibility index (Phi) is 11.5. The monoisotopic (exact) mass is 270 g/mol. The summed E-state index contributed by atoms with van der Waals surface area (Å²) in [5.41, 5.74) is 0. The molecule has 0 bridgehead atoms. The molecule has 0 aromatic rings. The van der Waals surface area contributed by atoms with Crippen LogP contribution in [0.15, 0.2) is 0 Å². The van der Waals surface area contributed by atoms with E-state index in [1.807, 2.05) is 0 Å². The van der Waals surface area contributed by atoms with Crippen LogP contribution in [0, 0.1) is 0 Å². The Hall–Kier alpha value is -0.0800. The van der Waals surface area contributed by atoms with Gasteiger partial charge in [-0.15, -0.1) is 0 Å². The van der Waals surface area contributed by atoms with E-state index < -0.39 is 0 Å². The second-order valence-corrected chi connectivity index (χ2v) is 5.88. The summed E-state index contributed by atoms with van der Waals surface area (Å²) in [6, 6.07) is 0. The highest BCUT2D eigenvalue weighted by atomic mass is 16.8. The van der Waals surface area contributed by atoms with Crippen LogP contribution in [0.3, 0.4) is 0 Å². The minimum atomic E-state index is 0.150. The van der Waals surface area contributed by atoms with Gasteiger partial charge < -0.3 is 9.47 Å². The molecule has 114 valence electrons. The van der Waals surface area contributed by atoms with E-state index in [9.17, 15) is 0 Å². The first-order valence-corrected chi connectivity index (χ1v) is 8.66. The van der Waals surface area contributed by atoms with E-state index in [-0.39, 0.29) is 6.29 Å². The number of epoxide rings is 1. The molecule has 0 saturated carbocycles. The molecule has 1 unspecified atom stereocenters. The van der Waals surface area contributed by atoms with Crippen molar-refractivity contribution in [1.29, 1.82) is 0 Å². The molecular weight excluding hydrogens is 236 g/mol. The van der Waals surface area contributed by atoms with Crippen molar-refractivity contribution in [3.05, 3.63) is 0 Å². The second-order valence-electron chi connectivity index (χ2n) is 5.88. The third-order valence-electron chi connectivity index (χ3n) is 3.85. The lowest BCUT2D eigenvalue weighted by Gasteiger charge is -2.03. The van der Waals surface area contributed by atoms with Crippen LogP contribution in [0.25, 0.3) is 0 Å². The van der Waals surface area contributed by atoms with E-state index in [0.717, 1.165) is 13.2 Å². The highest BCUT2D eigenvalue weighted by Gasteiger charge is 2.22. The van der Waals surface area contributed by atoms with E-state index in [2.05, 4.69) is 6.92 Å². The molecule has 1 rings (SSSR count). The fraction of sp³-hybridized carbons (Fsp3) is 1.00. The van der Waals surface area contributed by atoms with Gasteiger partial charge >= 0.3 is 0 Å². The predicted octanol–water partition coefficient (Wildman–Crippen LogP) is 5.45. The molecule has 0 aromatic carbocycles. The first kappa shape index (κ1) is 17.0. The van der Waals surface area contributed by atoms with Crippen molar-refractivity contribution < 1.29 is 9.47 Å². The smallest absolute Gasteiger partial charge is 0.181 e. The summed E-state index contributed by atoms with van der Waals surface area (Å²) in [6.07, 6.45) is 18.4. The van der Waals surface area contributed by atoms with Gasteiger partial charge in [-0.1, -0.05) is 84.0 Å². The minimum Gasteiger partial charge on any atom is -0.350 e. The average molecular weight is 270 g/mol. The average Bonchev–Trinajstić information content (AvgIpc) is 3.23. The first-order chi connectivity index (χ1) is 9.43. The molecule has 1 atom stereocenters. The molecule has 1 heterocycles. The van der Waals surface area contributed by atoms with Crippen LogP contribution in [-0.4, -0.2) is 19.5 Å². The van der Waals surface area contributed by atoms with Crippen LogP contribution >= 0.6 is 0 Å². The largest absolute Gasteiger partial charge is 0.350 e. The van der Waals surface area contributed by atoms with E-state index in [1.165, 1.54) is 83.5 Å². The van der Waals surface area contributed by atoms with Crippen LogP contribution in [-0.2, 0) is 9.47 Å². The molecule has 0 amide bonds. The summed E-state index contributed by atoms with van der Waals surface area (Å²) < 4.78 is 10.4. The Morgan fingerprint density at radius 3 is 1.58 bits per heavy atom. The maximum Gasteiger partial charge on any atom is 0.181 e. The van der Waals surface area contributed by atoms with Gasteiger partial charge in [-0.3, -0.25) is 0 Å². The van der Waals surface area contributed by atoms with Crippen LogP contribution in [0.1, 0.15) is 90.4 Å². The van der Waals surface area contributed by atoms with Gasteiger partial charge in [0.15, 0.2) is 6.29 Å². The fourth-order valence-corrected chi connectivity index (χ4v) is 2.47. The zero-order chi connectivity index (χ0) is 13.6. The number of rotatable bonds is 15. The lowest BCUT2D eigenvalue weighted by molar-refractivity contribution is 0.0478. The van der Waals surface area contributed by atoms with Gasteiger partial charge in [0.1, 0.15) is 6.61 Å². The summed E-state index contributed by atoms with van der Waals surface area (Å²) >= 11 is 0. The van der Waals surface area contributed by atoms with Gasteiger partial charge in [0.25, 0.3) is 0 Å². The van der Waals surface area contributed by atoms with Crippen molar-refractivity contribution >= 4 is 0 Å². The van der Waals surface area contributed by atoms with Gasteiger partial charge in [0.2, 0.25) is 0 Å². The predicted molar refractivity (Wildman–Crippen MR) is 81.4 cm³/mol. The third-order valence-corrected chi connectivity index (χ3v) is 3.85. The number of hydrogen-bond donors (Lipinski definition) is 0.